The van der Waals surface area contributed by atoms with Crippen molar-refractivity contribution in [3.05, 3.63) is 54.3 Å². The van der Waals surface area contributed by atoms with Gasteiger partial charge in [0.2, 0.25) is 5.91 Å². The summed E-state index contributed by atoms with van der Waals surface area (Å²) in [6.07, 6.45) is 0. The molecule has 1 saturated heterocycles. The summed E-state index contributed by atoms with van der Waals surface area (Å²) >= 11 is 0. The lowest BCUT2D eigenvalue weighted by Gasteiger charge is -2.20. The number of hydrogen-bond donors (Lipinski definition) is 1. The van der Waals surface area contributed by atoms with Crippen molar-refractivity contribution in [2.75, 3.05) is 23.9 Å². The molecule has 4 rings (SSSR count). The van der Waals surface area contributed by atoms with Gasteiger partial charge in [-0.25, -0.2) is 9.29 Å². The topological polar surface area (TPSA) is 104 Å². The number of benzene rings is 2. The van der Waals surface area contributed by atoms with Crippen molar-refractivity contribution in [3.8, 4) is 5.75 Å². The lowest BCUT2D eigenvalue weighted by Crippen LogP contribution is -2.43. The van der Waals surface area contributed by atoms with E-state index in [0.717, 1.165) is 4.90 Å². The molecule has 29 heavy (non-hydrogen) atoms. The summed E-state index contributed by atoms with van der Waals surface area (Å²) in [4.78, 5) is 38.9. The zero-order chi connectivity index (χ0) is 20.5. The van der Waals surface area contributed by atoms with Gasteiger partial charge in [0.25, 0.3) is 11.8 Å². The van der Waals surface area contributed by atoms with E-state index in [4.69, 9.17) is 4.74 Å². The Morgan fingerprint density at radius 2 is 1.79 bits per heavy atom. The quantitative estimate of drug-likeness (QED) is 0.775. The van der Waals surface area contributed by atoms with Crippen molar-refractivity contribution >= 4 is 29.1 Å². The number of rotatable bonds is 5. The van der Waals surface area contributed by atoms with E-state index in [0.29, 0.717) is 17.1 Å². The molecular weight excluding hydrogens is 381 g/mol. The minimum Gasteiger partial charge on any atom is -0.497 e. The van der Waals surface area contributed by atoms with Gasteiger partial charge in [0.15, 0.2) is 12.1 Å². The second-order valence-electron chi connectivity index (χ2n) is 6.46. The number of nitrogens with one attached hydrogen (secondary N) is 1. The number of imide groups is 1. The highest BCUT2D eigenvalue weighted by Crippen LogP contribution is 2.32. The zero-order valence-electron chi connectivity index (χ0n) is 15.3. The van der Waals surface area contributed by atoms with E-state index in [-0.39, 0.29) is 6.54 Å². The summed E-state index contributed by atoms with van der Waals surface area (Å²) in [5, 5.41) is 11.5. The van der Waals surface area contributed by atoms with Crippen LogP contribution in [0.3, 0.4) is 0 Å². The lowest BCUT2D eigenvalue weighted by molar-refractivity contribution is -0.123. The van der Waals surface area contributed by atoms with Gasteiger partial charge in [-0.15, -0.1) is 0 Å². The van der Waals surface area contributed by atoms with Crippen LogP contribution in [0.1, 0.15) is 0 Å². The Morgan fingerprint density at radius 3 is 2.45 bits per heavy atom. The summed E-state index contributed by atoms with van der Waals surface area (Å²) in [6, 6.07) is 9.75. The number of amides is 3. The van der Waals surface area contributed by atoms with Crippen LogP contribution in [0.2, 0.25) is 0 Å². The fourth-order valence-corrected chi connectivity index (χ4v) is 3.22. The third-order valence-corrected chi connectivity index (χ3v) is 4.62. The Kier molecular flexibility index (Phi) is 4.67. The van der Waals surface area contributed by atoms with E-state index >= 15 is 0 Å². The van der Waals surface area contributed by atoms with E-state index < -0.39 is 35.6 Å². The van der Waals surface area contributed by atoms with Gasteiger partial charge in [0.1, 0.15) is 18.1 Å². The number of fused-ring (bicyclic) bond motifs is 1. The summed E-state index contributed by atoms with van der Waals surface area (Å²) in [5.41, 5.74) is 0.791. The lowest BCUT2D eigenvalue weighted by atomic mass is 10.1. The first-order valence-electron chi connectivity index (χ1n) is 8.72. The molecule has 2 aliphatic heterocycles. The molecule has 2 aromatic rings. The minimum atomic E-state index is -0.997. The average molecular weight is 397 g/mol. The van der Waals surface area contributed by atoms with Crippen LogP contribution in [0, 0.1) is 5.82 Å². The van der Waals surface area contributed by atoms with E-state index in [9.17, 15) is 18.8 Å². The molecule has 148 valence electrons. The Labute approximate surface area is 164 Å². The Bertz CT molecular complexity index is 993. The number of anilines is 2. The molecule has 0 aromatic heterocycles. The molecule has 2 aromatic carbocycles. The van der Waals surface area contributed by atoms with E-state index in [1.165, 1.54) is 36.4 Å². The molecule has 0 aliphatic carbocycles. The molecule has 0 radical (unpaired) electrons. The number of methoxy groups -OCH3 is 1. The minimum absolute atomic E-state index is 0.280. The third kappa shape index (κ3) is 3.40. The van der Waals surface area contributed by atoms with Crippen molar-refractivity contribution in [2.24, 2.45) is 10.3 Å². The van der Waals surface area contributed by atoms with Gasteiger partial charge in [-0.3, -0.25) is 19.4 Å². The molecule has 2 aliphatic rings. The molecular formula is C19H16FN5O4. The van der Waals surface area contributed by atoms with E-state index in [1.807, 2.05) is 0 Å². The highest BCUT2D eigenvalue weighted by molar-refractivity contribution is 6.25. The monoisotopic (exact) mass is 397 g/mol. The van der Waals surface area contributed by atoms with Crippen molar-refractivity contribution in [1.29, 1.82) is 0 Å². The Balaban J connectivity index is 1.47. The molecule has 0 spiro atoms. The van der Waals surface area contributed by atoms with Crippen molar-refractivity contribution in [2.45, 2.75) is 12.1 Å². The van der Waals surface area contributed by atoms with Crippen LogP contribution in [0.4, 0.5) is 15.8 Å². The highest BCUT2D eigenvalue weighted by atomic mass is 19.1. The normalized spacial score (nSPS) is 20.2. The van der Waals surface area contributed by atoms with E-state index in [2.05, 4.69) is 15.7 Å². The largest absolute Gasteiger partial charge is 0.497 e. The molecule has 2 atom stereocenters. The highest BCUT2D eigenvalue weighted by Gasteiger charge is 2.55. The van der Waals surface area contributed by atoms with Crippen LogP contribution in [-0.4, -0.2) is 48.5 Å². The molecule has 9 nitrogen and oxygen atoms in total. The summed E-state index contributed by atoms with van der Waals surface area (Å²) < 4.78 is 18.0. The molecule has 0 saturated carbocycles. The summed E-state index contributed by atoms with van der Waals surface area (Å²) in [7, 11) is 1.51. The standard InChI is InChI=1S/C19H16FN5O4/c1-29-14-8-6-13(7-9-14)25-18(27)16-17(19(25)28)24(23-22-16)10-15(26)21-12-4-2-11(20)3-5-12/h2-9,16-17H,10H2,1H3,(H,21,26). The van der Waals surface area contributed by atoms with Crippen molar-refractivity contribution < 1.29 is 23.5 Å². The number of carbonyl (C=O) groups is 3. The second-order valence-corrected chi connectivity index (χ2v) is 6.46. The number of carbonyl (C=O) groups excluding carboxylic acids is 3. The number of nitrogens with zero attached hydrogens (tertiary/aromatic N) is 4. The van der Waals surface area contributed by atoms with Crippen molar-refractivity contribution in [3.63, 3.8) is 0 Å². The first-order chi connectivity index (χ1) is 14.0. The number of hydrogen-bond acceptors (Lipinski definition) is 7. The molecule has 2 heterocycles. The third-order valence-electron chi connectivity index (χ3n) is 4.62. The van der Waals surface area contributed by atoms with Crippen LogP contribution in [0.25, 0.3) is 0 Å². The molecule has 1 fully saturated rings. The van der Waals surface area contributed by atoms with Gasteiger partial charge >= 0.3 is 0 Å². The molecule has 1 N–H and O–H groups in total. The smallest absolute Gasteiger partial charge is 0.263 e. The van der Waals surface area contributed by atoms with Gasteiger partial charge < -0.3 is 10.1 Å². The zero-order valence-corrected chi connectivity index (χ0v) is 15.3. The van der Waals surface area contributed by atoms with Crippen LogP contribution < -0.4 is 15.0 Å². The predicted octanol–water partition coefficient (Wildman–Crippen LogP) is 1.77. The average Bonchev–Trinajstić information content (AvgIpc) is 3.23. The summed E-state index contributed by atoms with van der Waals surface area (Å²) in [6.45, 7) is -0.280. The van der Waals surface area contributed by atoms with Gasteiger partial charge in [0, 0.05) is 5.69 Å². The predicted molar refractivity (Wildman–Crippen MR) is 99.7 cm³/mol. The summed E-state index contributed by atoms with van der Waals surface area (Å²) in [5.74, 6) is -1.32. The van der Waals surface area contributed by atoms with Gasteiger partial charge in [0.05, 0.1) is 12.8 Å². The fraction of sp³-hybridized carbons (Fsp3) is 0.211. The van der Waals surface area contributed by atoms with Crippen LogP contribution in [0.5, 0.6) is 5.75 Å². The SMILES string of the molecule is COc1ccc(N2C(=O)C3N=NN(CC(=O)Nc4ccc(F)cc4)C3C2=O)cc1. The maximum atomic E-state index is 13.0. The van der Waals surface area contributed by atoms with Gasteiger partial charge in [-0.05, 0) is 48.5 Å². The Hall–Kier alpha value is -3.82. The Morgan fingerprint density at radius 1 is 1.10 bits per heavy atom. The van der Waals surface area contributed by atoms with Crippen LogP contribution >= 0.6 is 0 Å². The first kappa shape index (κ1) is 18.5. The van der Waals surface area contributed by atoms with Crippen LogP contribution in [-0.2, 0) is 14.4 Å². The second kappa shape index (κ2) is 7.30. The molecule has 3 amide bonds. The maximum absolute atomic E-state index is 13.0. The van der Waals surface area contributed by atoms with Gasteiger partial charge in [-0.1, -0.05) is 5.22 Å². The molecule has 10 heteroatoms. The van der Waals surface area contributed by atoms with Crippen molar-refractivity contribution in [1.82, 2.24) is 5.01 Å². The number of ether oxygens (including phenoxy) is 1. The fourth-order valence-electron chi connectivity index (χ4n) is 3.22. The maximum Gasteiger partial charge on any atom is 0.263 e. The molecule has 2 unspecified atom stereocenters. The van der Waals surface area contributed by atoms with Crippen LogP contribution in [0.15, 0.2) is 58.9 Å². The van der Waals surface area contributed by atoms with Gasteiger partial charge in [-0.2, -0.15) is 5.11 Å². The molecule has 0 bridgehead atoms. The first-order valence-corrected chi connectivity index (χ1v) is 8.72. The van der Waals surface area contributed by atoms with E-state index in [1.54, 1.807) is 24.3 Å². The number of halogens is 1.